The molecule has 0 saturated heterocycles. The number of aromatic nitrogens is 2. The number of imidazole rings is 1. The zero-order valence-electron chi connectivity index (χ0n) is 8.41. The molecule has 74 valence electrons. The second-order valence-corrected chi connectivity index (χ2v) is 3.75. The molecule has 2 rings (SSSR count). The number of nitrogens with one attached hydrogen (secondary N) is 1. The normalized spacial score (nSPS) is 11.4. The lowest BCUT2D eigenvalue weighted by atomic mass is 10.2. The first-order chi connectivity index (χ1) is 6.72. The van der Waals surface area contributed by atoms with Gasteiger partial charge in [-0.15, -0.1) is 0 Å². The van der Waals surface area contributed by atoms with Crippen molar-refractivity contribution in [2.24, 2.45) is 0 Å². The van der Waals surface area contributed by atoms with E-state index < -0.39 is 0 Å². The maximum Gasteiger partial charge on any atom is 0.109 e. The van der Waals surface area contributed by atoms with Crippen LogP contribution in [0.3, 0.4) is 0 Å². The molecule has 0 unspecified atom stereocenters. The van der Waals surface area contributed by atoms with Crippen molar-refractivity contribution in [3.63, 3.8) is 0 Å². The van der Waals surface area contributed by atoms with Crippen LogP contribution in [0.4, 0.5) is 0 Å². The van der Waals surface area contributed by atoms with Crippen LogP contribution in [0.1, 0.15) is 31.2 Å². The summed E-state index contributed by atoms with van der Waals surface area (Å²) in [5.41, 5.74) is 2.77. The Kier molecular flexibility index (Phi) is 2.25. The molecule has 1 aromatic carbocycles. The first kappa shape index (κ1) is 9.21. The smallest absolute Gasteiger partial charge is 0.109 e. The van der Waals surface area contributed by atoms with E-state index in [4.69, 9.17) is 5.11 Å². The number of hydrogen-bond donors (Lipinski definition) is 2. The fourth-order valence-electron chi connectivity index (χ4n) is 1.51. The average molecular weight is 190 g/mol. The topological polar surface area (TPSA) is 48.9 Å². The SMILES string of the molecule is CC(C)c1nc2c(CO)cccc2[nH]1. The third kappa shape index (κ3) is 1.40. The van der Waals surface area contributed by atoms with Gasteiger partial charge in [-0.25, -0.2) is 4.98 Å². The van der Waals surface area contributed by atoms with Gasteiger partial charge in [-0.1, -0.05) is 26.0 Å². The van der Waals surface area contributed by atoms with Crippen LogP contribution in [0.15, 0.2) is 18.2 Å². The van der Waals surface area contributed by atoms with E-state index >= 15 is 0 Å². The molecule has 0 aliphatic heterocycles. The van der Waals surface area contributed by atoms with E-state index in [1.807, 2.05) is 18.2 Å². The fourth-order valence-corrected chi connectivity index (χ4v) is 1.51. The molecule has 0 bridgehead atoms. The molecule has 0 atom stereocenters. The summed E-state index contributed by atoms with van der Waals surface area (Å²) < 4.78 is 0. The predicted octanol–water partition coefficient (Wildman–Crippen LogP) is 2.18. The maximum absolute atomic E-state index is 9.13. The molecule has 14 heavy (non-hydrogen) atoms. The highest BCUT2D eigenvalue weighted by Gasteiger charge is 2.08. The van der Waals surface area contributed by atoms with E-state index in [1.54, 1.807) is 0 Å². The Labute approximate surface area is 82.8 Å². The Morgan fingerprint density at radius 1 is 1.43 bits per heavy atom. The number of benzene rings is 1. The van der Waals surface area contributed by atoms with Crippen LogP contribution < -0.4 is 0 Å². The van der Waals surface area contributed by atoms with Crippen molar-refractivity contribution in [1.82, 2.24) is 9.97 Å². The van der Waals surface area contributed by atoms with E-state index in [2.05, 4.69) is 23.8 Å². The minimum atomic E-state index is 0.0414. The lowest BCUT2D eigenvalue weighted by molar-refractivity contribution is 0.283. The van der Waals surface area contributed by atoms with E-state index in [-0.39, 0.29) is 6.61 Å². The van der Waals surface area contributed by atoms with Gasteiger partial charge in [0.1, 0.15) is 5.82 Å². The lowest BCUT2D eigenvalue weighted by Crippen LogP contribution is -1.89. The van der Waals surface area contributed by atoms with Gasteiger partial charge >= 0.3 is 0 Å². The van der Waals surface area contributed by atoms with Gasteiger partial charge in [-0.3, -0.25) is 0 Å². The number of para-hydroxylation sites is 1. The first-order valence-corrected chi connectivity index (χ1v) is 4.80. The third-order valence-electron chi connectivity index (χ3n) is 2.33. The third-order valence-corrected chi connectivity index (χ3v) is 2.33. The van der Waals surface area contributed by atoms with Gasteiger partial charge in [0.2, 0.25) is 0 Å². The van der Waals surface area contributed by atoms with Crippen molar-refractivity contribution in [2.75, 3.05) is 0 Å². The monoisotopic (exact) mass is 190 g/mol. The number of fused-ring (bicyclic) bond motifs is 1. The molecule has 2 N–H and O–H groups in total. The first-order valence-electron chi connectivity index (χ1n) is 4.80. The molecule has 1 heterocycles. The van der Waals surface area contributed by atoms with Gasteiger partial charge < -0.3 is 10.1 Å². The molecule has 0 fully saturated rings. The van der Waals surface area contributed by atoms with Crippen molar-refractivity contribution >= 4 is 11.0 Å². The van der Waals surface area contributed by atoms with Gasteiger partial charge in [-0.2, -0.15) is 0 Å². The average Bonchev–Trinajstić information content (AvgIpc) is 2.60. The summed E-state index contributed by atoms with van der Waals surface area (Å²) >= 11 is 0. The fraction of sp³-hybridized carbons (Fsp3) is 0.364. The Balaban J connectivity index is 2.64. The number of aliphatic hydroxyl groups excluding tert-OH is 1. The maximum atomic E-state index is 9.13. The zero-order valence-corrected chi connectivity index (χ0v) is 8.41. The summed E-state index contributed by atoms with van der Waals surface area (Å²) in [6.45, 7) is 4.23. The number of H-pyrrole nitrogens is 1. The molecule has 2 aromatic rings. The van der Waals surface area contributed by atoms with E-state index in [9.17, 15) is 0 Å². The highest BCUT2D eigenvalue weighted by atomic mass is 16.3. The molecule has 0 aliphatic carbocycles. The minimum absolute atomic E-state index is 0.0414. The van der Waals surface area contributed by atoms with Gasteiger partial charge in [0, 0.05) is 11.5 Å². The number of hydrogen-bond acceptors (Lipinski definition) is 2. The van der Waals surface area contributed by atoms with Crippen LogP contribution in [0, 0.1) is 0 Å². The lowest BCUT2D eigenvalue weighted by Gasteiger charge is -1.96. The van der Waals surface area contributed by atoms with Crippen LogP contribution in [0.25, 0.3) is 11.0 Å². The number of nitrogens with zero attached hydrogens (tertiary/aromatic N) is 1. The van der Waals surface area contributed by atoms with E-state index in [1.165, 1.54) is 0 Å². The van der Waals surface area contributed by atoms with Crippen LogP contribution in [-0.2, 0) is 6.61 Å². The Morgan fingerprint density at radius 3 is 2.86 bits per heavy atom. The van der Waals surface area contributed by atoms with Crippen LogP contribution >= 0.6 is 0 Å². The summed E-state index contributed by atoms with van der Waals surface area (Å²) in [6.07, 6.45) is 0. The number of rotatable bonds is 2. The molecule has 0 spiro atoms. The number of aliphatic hydroxyl groups is 1. The molecule has 0 aliphatic rings. The molecule has 0 amide bonds. The predicted molar refractivity (Wildman–Crippen MR) is 56.1 cm³/mol. The Hall–Kier alpha value is -1.35. The standard InChI is InChI=1S/C11H14N2O/c1-7(2)11-12-9-5-3-4-8(6-14)10(9)13-11/h3-5,7,14H,6H2,1-2H3,(H,12,13). The van der Waals surface area contributed by atoms with Crippen molar-refractivity contribution in [3.8, 4) is 0 Å². The summed E-state index contributed by atoms with van der Waals surface area (Å²) in [6, 6.07) is 5.80. The summed E-state index contributed by atoms with van der Waals surface area (Å²) in [4.78, 5) is 7.71. The van der Waals surface area contributed by atoms with E-state index in [0.717, 1.165) is 22.4 Å². The molecular formula is C11H14N2O. The molecule has 1 aromatic heterocycles. The Morgan fingerprint density at radius 2 is 2.21 bits per heavy atom. The second kappa shape index (κ2) is 3.42. The van der Waals surface area contributed by atoms with Crippen molar-refractivity contribution in [2.45, 2.75) is 26.4 Å². The van der Waals surface area contributed by atoms with Gasteiger partial charge in [-0.05, 0) is 6.07 Å². The van der Waals surface area contributed by atoms with Gasteiger partial charge in [0.25, 0.3) is 0 Å². The summed E-state index contributed by atoms with van der Waals surface area (Å²) in [7, 11) is 0. The largest absolute Gasteiger partial charge is 0.392 e. The molecule has 0 radical (unpaired) electrons. The van der Waals surface area contributed by atoms with Crippen LogP contribution in [-0.4, -0.2) is 15.1 Å². The summed E-state index contributed by atoms with van der Waals surface area (Å²) in [5.74, 6) is 1.36. The van der Waals surface area contributed by atoms with Crippen molar-refractivity contribution in [3.05, 3.63) is 29.6 Å². The van der Waals surface area contributed by atoms with E-state index in [0.29, 0.717) is 5.92 Å². The van der Waals surface area contributed by atoms with Crippen molar-refractivity contribution in [1.29, 1.82) is 0 Å². The quantitative estimate of drug-likeness (QED) is 0.762. The minimum Gasteiger partial charge on any atom is -0.392 e. The second-order valence-electron chi connectivity index (χ2n) is 3.75. The molecular weight excluding hydrogens is 176 g/mol. The van der Waals surface area contributed by atoms with Crippen LogP contribution in [0.5, 0.6) is 0 Å². The van der Waals surface area contributed by atoms with Crippen molar-refractivity contribution < 1.29 is 5.11 Å². The highest BCUT2D eigenvalue weighted by Crippen LogP contribution is 2.20. The number of aromatic amines is 1. The van der Waals surface area contributed by atoms with Gasteiger partial charge in [0.15, 0.2) is 0 Å². The highest BCUT2D eigenvalue weighted by molar-refractivity contribution is 5.78. The van der Waals surface area contributed by atoms with Gasteiger partial charge in [0.05, 0.1) is 17.6 Å². The molecule has 3 nitrogen and oxygen atoms in total. The zero-order chi connectivity index (χ0) is 10.1. The Bertz CT molecular complexity index is 445. The van der Waals surface area contributed by atoms with Crippen LogP contribution in [0.2, 0.25) is 0 Å². The molecule has 0 saturated carbocycles. The molecule has 3 heteroatoms. The summed E-state index contributed by atoms with van der Waals surface area (Å²) in [5, 5.41) is 9.13.